The minimum atomic E-state index is -0.700. The molecule has 0 aromatic carbocycles. The molecular formula is C3H3NO3. The van der Waals surface area contributed by atoms with E-state index in [1.54, 1.807) is 0 Å². The van der Waals surface area contributed by atoms with Crippen LogP contribution in [-0.2, 0) is 4.79 Å². The highest BCUT2D eigenvalue weighted by Crippen LogP contribution is 1.66. The molecule has 0 aliphatic carbocycles. The first kappa shape index (κ1) is 5.81. The van der Waals surface area contributed by atoms with Crippen molar-refractivity contribution < 1.29 is 9.72 Å². The van der Waals surface area contributed by atoms with E-state index < -0.39 is 4.92 Å². The van der Waals surface area contributed by atoms with Gasteiger partial charge in [-0.15, -0.1) is 0 Å². The van der Waals surface area contributed by atoms with Gasteiger partial charge in [0.25, 0.3) is 0 Å². The van der Waals surface area contributed by atoms with Gasteiger partial charge in [0.1, 0.15) is 6.29 Å². The fraction of sp³-hybridized carbons (Fsp3) is 0. The monoisotopic (exact) mass is 101 g/mol. The predicted molar refractivity (Wildman–Crippen MR) is 22.2 cm³/mol. The molecule has 4 heteroatoms. The summed E-state index contributed by atoms with van der Waals surface area (Å²) in [5.41, 5.74) is 0. The first-order valence-electron chi connectivity index (χ1n) is 1.53. The molecule has 0 aromatic rings. The van der Waals surface area contributed by atoms with Gasteiger partial charge in [0.2, 0.25) is 6.20 Å². The molecule has 0 radical (unpaired) electrons. The van der Waals surface area contributed by atoms with Crippen LogP contribution in [0.5, 0.6) is 0 Å². The summed E-state index contributed by atoms with van der Waals surface area (Å²) >= 11 is 0. The minimum absolute atomic E-state index is 0.350. The Balaban J connectivity index is 3.46. The second-order valence-electron chi connectivity index (χ2n) is 0.763. The smallest absolute Gasteiger partial charge is 0.237 e. The summed E-state index contributed by atoms with van der Waals surface area (Å²) in [7, 11) is 0. The maximum Gasteiger partial charge on any atom is 0.237 e. The Morgan fingerprint density at radius 3 is 2.29 bits per heavy atom. The Kier molecular flexibility index (Phi) is 2.50. The van der Waals surface area contributed by atoms with Crippen molar-refractivity contribution in [1.82, 2.24) is 0 Å². The van der Waals surface area contributed by atoms with Crippen LogP contribution in [0.4, 0.5) is 0 Å². The number of aldehydes is 1. The van der Waals surface area contributed by atoms with E-state index in [0.717, 1.165) is 6.08 Å². The van der Waals surface area contributed by atoms with Gasteiger partial charge in [-0.3, -0.25) is 14.9 Å². The SMILES string of the molecule is O=CC=C[N+](=O)[O-]. The average molecular weight is 101 g/mol. The molecule has 0 rings (SSSR count). The molecule has 0 fully saturated rings. The first-order chi connectivity index (χ1) is 3.27. The topological polar surface area (TPSA) is 60.2 Å². The number of nitro groups is 1. The van der Waals surface area contributed by atoms with Gasteiger partial charge in [-0.2, -0.15) is 0 Å². The van der Waals surface area contributed by atoms with Gasteiger partial charge in [-0.25, -0.2) is 0 Å². The molecular weight excluding hydrogens is 98.0 g/mol. The van der Waals surface area contributed by atoms with E-state index in [0.29, 0.717) is 12.5 Å². The van der Waals surface area contributed by atoms with Crippen LogP contribution in [0, 0.1) is 10.1 Å². The van der Waals surface area contributed by atoms with Crippen molar-refractivity contribution in [2.45, 2.75) is 0 Å². The third kappa shape index (κ3) is 4.81. The highest BCUT2D eigenvalue weighted by molar-refractivity contribution is 5.63. The molecule has 0 atom stereocenters. The van der Waals surface area contributed by atoms with Crippen LogP contribution in [0.25, 0.3) is 0 Å². The van der Waals surface area contributed by atoms with E-state index in [9.17, 15) is 14.9 Å². The van der Waals surface area contributed by atoms with Crippen molar-refractivity contribution in [3.63, 3.8) is 0 Å². The van der Waals surface area contributed by atoms with E-state index in [2.05, 4.69) is 0 Å². The van der Waals surface area contributed by atoms with Gasteiger partial charge in [0.15, 0.2) is 0 Å². The van der Waals surface area contributed by atoms with Crippen molar-refractivity contribution in [3.05, 3.63) is 22.4 Å². The summed E-state index contributed by atoms with van der Waals surface area (Å²) in [6.45, 7) is 0. The molecule has 0 aromatic heterocycles. The third-order valence-corrected chi connectivity index (χ3v) is 0.286. The summed E-state index contributed by atoms with van der Waals surface area (Å²) in [4.78, 5) is 17.9. The van der Waals surface area contributed by atoms with Crippen LogP contribution < -0.4 is 0 Å². The molecule has 0 aliphatic heterocycles. The number of carbonyl (C=O) groups is 1. The van der Waals surface area contributed by atoms with Crippen LogP contribution in [0.15, 0.2) is 12.3 Å². The Labute approximate surface area is 39.6 Å². The van der Waals surface area contributed by atoms with Crippen LogP contribution in [-0.4, -0.2) is 11.2 Å². The van der Waals surface area contributed by atoms with Gasteiger partial charge in [0.05, 0.1) is 4.92 Å². The molecule has 0 aliphatic rings. The second-order valence-corrected chi connectivity index (χ2v) is 0.763. The van der Waals surface area contributed by atoms with E-state index in [4.69, 9.17) is 0 Å². The molecule has 0 amide bonds. The Morgan fingerprint density at radius 1 is 1.57 bits per heavy atom. The van der Waals surface area contributed by atoms with Crippen LogP contribution in [0.3, 0.4) is 0 Å². The van der Waals surface area contributed by atoms with Gasteiger partial charge >= 0.3 is 0 Å². The molecule has 0 spiro atoms. The maximum absolute atomic E-state index is 9.32. The lowest BCUT2D eigenvalue weighted by Gasteiger charge is -1.69. The van der Waals surface area contributed by atoms with Crippen molar-refractivity contribution in [2.75, 3.05) is 0 Å². The zero-order valence-corrected chi connectivity index (χ0v) is 3.40. The fourth-order valence-electron chi connectivity index (χ4n) is 0.105. The molecule has 0 heterocycles. The maximum atomic E-state index is 9.32. The largest absolute Gasteiger partial charge is 0.298 e. The van der Waals surface area contributed by atoms with Gasteiger partial charge < -0.3 is 0 Å². The van der Waals surface area contributed by atoms with Gasteiger partial charge in [-0.05, 0) is 0 Å². The highest BCUT2D eigenvalue weighted by Gasteiger charge is 1.77. The number of rotatable bonds is 2. The normalized spacial score (nSPS) is 9.14. The van der Waals surface area contributed by atoms with Crippen LogP contribution in [0.1, 0.15) is 0 Å². The van der Waals surface area contributed by atoms with Crippen LogP contribution in [0.2, 0.25) is 0 Å². The molecule has 0 saturated carbocycles. The minimum Gasteiger partial charge on any atom is -0.298 e. The zero-order chi connectivity index (χ0) is 5.70. The zero-order valence-electron chi connectivity index (χ0n) is 3.40. The first-order valence-corrected chi connectivity index (χ1v) is 1.53. The Hall–Kier alpha value is -1.19. The highest BCUT2D eigenvalue weighted by atomic mass is 16.6. The lowest BCUT2D eigenvalue weighted by Crippen LogP contribution is -1.81. The summed E-state index contributed by atoms with van der Waals surface area (Å²) in [6, 6.07) is 0. The fourth-order valence-corrected chi connectivity index (χ4v) is 0.105. The lowest BCUT2D eigenvalue weighted by molar-refractivity contribution is -0.402. The molecule has 0 bridgehead atoms. The number of hydrogen-bond donors (Lipinski definition) is 0. The predicted octanol–water partition coefficient (Wildman–Crippen LogP) is -0.0243. The van der Waals surface area contributed by atoms with Crippen molar-refractivity contribution in [1.29, 1.82) is 0 Å². The Morgan fingerprint density at radius 2 is 2.14 bits per heavy atom. The molecule has 7 heavy (non-hydrogen) atoms. The molecule has 38 valence electrons. The summed E-state index contributed by atoms with van der Waals surface area (Å²) in [5, 5.41) is 9.32. The number of allylic oxidation sites excluding steroid dienone is 1. The van der Waals surface area contributed by atoms with Crippen LogP contribution >= 0.6 is 0 Å². The summed E-state index contributed by atoms with van der Waals surface area (Å²) in [6.07, 6.45) is 1.75. The van der Waals surface area contributed by atoms with Crippen molar-refractivity contribution in [3.8, 4) is 0 Å². The van der Waals surface area contributed by atoms with E-state index in [1.807, 2.05) is 0 Å². The molecule has 0 unspecified atom stereocenters. The third-order valence-electron chi connectivity index (χ3n) is 0.286. The quantitative estimate of drug-likeness (QED) is 0.212. The van der Waals surface area contributed by atoms with E-state index in [-0.39, 0.29) is 0 Å². The van der Waals surface area contributed by atoms with Crippen molar-refractivity contribution in [2.24, 2.45) is 0 Å². The Bertz CT molecular complexity index is 107. The number of hydrogen-bond acceptors (Lipinski definition) is 3. The summed E-state index contributed by atoms with van der Waals surface area (Å²) in [5.74, 6) is 0. The number of carbonyl (C=O) groups excluding carboxylic acids is 1. The average Bonchev–Trinajstić information content (AvgIpc) is 1.61. The van der Waals surface area contributed by atoms with E-state index in [1.165, 1.54) is 0 Å². The van der Waals surface area contributed by atoms with Gasteiger partial charge in [0, 0.05) is 6.08 Å². The number of nitrogens with zero attached hydrogens (tertiary/aromatic N) is 1. The summed E-state index contributed by atoms with van der Waals surface area (Å²) < 4.78 is 0. The molecule has 0 N–H and O–H groups in total. The second kappa shape index (κ2) is 3.02. The van der Waals surface area contributed by atoms with E-state index >= 15 is 0 Å². The molecule has 0 saturated heterocycles. The van der Waals surface area contributed by atoms with Crippen molar-refractivity contribution >= 4 is 6.29 Å². The standard InChI is InChI=1S/C3H3NO3/c5-3-1-2-4(6)7/h1-3H. The van der Waals surface area contributed by atoms with Gasteiger partial charge in [-0.1, -0.05) is 0 Å². The lowest BCUT2D eigenvalue weighted by atomic mass is 10.7. The molecule has 4 nitrogen and oxygen atoms in total.